The number of carbonyl (C=O) groups is 2. The van der Waals surface area contributed by atoms with Crippen molar-refractivity contribution in [2.75, 3.05) is 39.6 Å². The predicted molar refractivity (Wildman–Crippen MR) is 149 cm³/mol. The van der Waals surface area contributed by atoms with Crippen LogP contribution >= 0.6 is 0 Å². The minimum atomic E-state index is -0.0775. The molecule has 3 fully saturated rings. The number of ketones is 1. The first kappa shape index (κ1) is 41.1. The maximum atomic E-state index is 10.9. The van der Waals surface area contributed by atoms with Gasteiger partial charge in [0.25, 0.3) is 0 Å². The molecule has 3 aliphatic rings. The third kappa shape index (κ3) is 16.3. The minimum absolute atomic E-state index is 0. The van der Waals surface area contributed by atoms with Crippen molar-refractivity contribution in [2.24, 2.45) is 29.2 Å². The van der Waals surface area contributed by atoms with Gasteiger partial charge in [0.15, 0.2) is 0 Å². The second-order valence-electron chi connectivity index (χ2n) is 8.78. The lowest BCUT2D eigenvalue weighted by Gasteiger charge is -2.31. The van der Waals surface area contributed by atoms with Crippen LogP contribution in [0.1, 0.15) is 89.5 Å². The van der Waals surface area contributed by atoms with Gasteiger partial charge < -0.3 is 31.0 Å². The molecule has 3 aliphatic heterocycles. The number of nitrogens with two attached hydrogens (primary N) is 2. The van der Waals surface area contributed by atoms with Gasteiger partial charge in [0.2, 0.25) is 5.91 Å². The lowest BCUT2D eigenvalue weighted by Crippen LogP contribution is -2.45. The summed E-state index contributed by atoms with van der Waals surface area (Å²) in [6, 6.07) is 0.455. The summed E-state index contributed by atoms with van der Waals surface area (Å²) >= 11 is 0. The van der Waals surface area contributed by atoms with Gasteiger partial charge in [-0.05, 0) is 38.0 Å². The van der Waals surface area contributed by atoms with Crippen molar-refractivity contribution >= 4 is 11.7 Å². The van der Waals surface area contributed by atoms with Gasteiger partial charge in [-0.3, -0.25) is 9.59 Å². The summed E-state index contributed by atoms with van der Waals surface area (Å²) in [5, 5.41) is 2.92. The summed E-state index contributed by atoms with van der Waals surface area (Å²) in [5.41, 5.74) is 11.4. The largest absolute Gasteiger partial charge is 0.380 e. The monoisotopic (exact) mass is 507 g/mol. The Labute approximate surface area is 217 Å². The zero-order valence-electron chi connectivity index (χ0n) is 19.9. The molecule has 3 saturated heterocycles. The summed E-state index contributed by atoms with van der Waals surface area (Å²) in [6.45, 7) is 11.9. The number of carbonyl (C=O) groups excluding carboxylic acids is 2. The summed E-state index contributed by atoms with van der Waals surface area (Å²) in [7, 11) is 0. The van der Waals surface area contributed by atoms with E-state index in [4.69, 9.17) is 25.7 Å². The zero-order chi connectivity index (χ0) is 23.2. The molecule has 214 valence electrons. The maximum absolute atomic E-state index is 10.9. The van der Waals surface area contributed by atoms with E-state index in [1.807, 2.05) is 0 Å². The third-order valence-corrected chi connectivity index (χ3v) is 6.41. The van der Waals surface area contributed by atoms with E-state index in [2.05, 4.69) is 19.2 Å². The van der Waals surface area contributed by atoms with Gasteiger partial charge in [-0.2, -0.15) is 0 Å². The highest BCUT2D eigenvalue weighted by Crippen LogP contribution is 2.18. The van der Waals surface area contributed by atoms with Crippen LogP contribution in [0.25, 0.3) is 0 Å². The average molecular weight is 508 g/mol. The van der Waals surface area contributed by atoms with Crippen LogP contribution in [-0.4, -0.2) is 69.5 Å². The number of amides is 1. The molecule has 6 atom stereocenters. The average Bonchev–Trinajstić information content (AvgIpc) is 2.75. The Morgan fingerprint density at radius 1 is 0.743 bits per heavy atom. The number of hydrogen-bond donors (Lipinski definition) is 3. The van der Waals surface area contributed by atoms with Gasteiger partial charge >= 0.3 is 0 Å². The second kappa shape index (κ2) is 23.3. The SMILES string of the molecule is C.C.C.C.CC(=O)[C@@H]1CCOC[C@H]1N.CC[C@@H]1CCOC[C@H]1N.CC[C@@H]1CCOC[C@H]1NC(C)=O. The van der Waals surface area contributed by atoms with Gasteiger partial charge in [-0.25, -0.2) is 0 Å². The Morgan fingerprint density at radius 2 is 1.20 bits per heavy atom. The molecule has 0 aromatic carbocycles. The topological polar surface area (TPSA) is 126 Å². The number of ether oxygens (including phenoxy) is 3. The molecule has 3 rings (SSSR count). The second-order valence-corrected chi connectivity index (χ2v) is 8.78. The van der Waals surface area contributed by atoms with Crippen molar-refractivity contribution in [3.63, 3.8) is 0 Å². The van der Waals surface area contributed by atoms with Gasteiger partial charge in [-0.1, -0.05) is 56.4 Å². The normalized spacial score (nSPS) is 29.3. The van der Waals surface area contributed by atoms with Crippen molar-refractivity contribution in [2.45, 2.75) is 108 Å². The molecule has 8 heteroatoms. The molecule has 3 heterocycles. The molecule has 0 unspecified atom stereocenters. The molecule has 0 saturated carbocycles. The Morgan fingerprint density at radius 3 is 1.57 bits per heavy atom. The maximum Gasteiger partial charge on any atom is 0.217 e. The fraction of sp³-hybridized carbons (Fsp3) is 0.926. The van der Waals surface area contributed by atoms with Gasteiger partial charge in [0.05, 0.1) is 25.9 Å². The lowest BCUT2D eigenvalue weighted by molar-refractivity contribution is -0.124. The summed E-state index contributed by atoms with van der Waals surface area (Å²) in [5.74, 6) is 1.58. The molecule has 0 aromatic rings. The molecular weight excluding hydrogens is 446 g/mol. The fourth-order valence-electron chi connectivity index (χ4n) is 4.27. The highest BCUT2D eigenvalue weighted by Gasteiger charge is 2.26. The molecule has 35 heavy (non-hydrogen) atoms. The Hall–Kier alpha value is -1.06. The van der Waals surface area contributed by atoms with Crippen LogP contribution in [-0.2, 0) is 23.8 Å². The third-order valence-electron chi connectivity index (χ3n) is 6.41. The van der Waals surface area contributed by atoms with Crippen molar-refractivity contribution < 1.29 is 23.8 Å². The first-order valence-corrected chi connectivity index (χ1v) is 11.8. The molecule has 0 aromatic heterocycles. The number of hydrogen-bond acceptors (Lipinski definition) is 7. The van der Waals surface area contributed by atoms with E-state index >= 15 is 0 Å². The van der Waals surface area contributed by atoms with E-state index in [0.29, 0.717) is 37.7 Å². The van der Waals surface area contributed by atoms with E-state index in [1.165, 1.54) is 6.42 Å². The van der Waals surface area contributed by atoms with Crippen LogP contribution in [0, 0.1) is 17.8 Å². The molecule has 0 aliphatic carbocycles. The quantitative estimate of drug-likeness (QED) is 0.521. The first-order valence-electron chi connectivity index (χ1n) is 11.8. The molecule has 0 radical (unpaired) electrons. The van der Waals surface area contributed by atoms with Crippen LogP contribution in [0.4, 0.5) is 0 Å². The van der Waals surface area contributed by atoms with Crippen molar-refractivity contribution in [3.8, 4) is 0 Å². The van der Waals surface area contributed by atoms with Gasteiger partial charge in [0, 0.05) is 44.7 Å². The number of nitrogens with one attached hydrogen (secondary N) is 1. The van der Waals surface area contributed by atoms with Crippen LogP contribution in [0.3, 0.4) is 0 Å². The van der Waals surface area contributed by atoms with E-state index in [0.717, 1.165) is 45.5 Å². The van der Waals surface area contributed by atoms with Crippen molar-refractivity contribution in [1.29, 1.82) is 0 Å². The standard InChI is InChI=1S/C9H17NO2.C7H13NO2.C7H15NO.4CH4/c1-3-8-4-5-12-6-9(8)10-7(2)11;1-5(9)6-2-3-10-4-7(6)8;1-2-6-3-4-9-5-7(6)8;;;;/h8-9H,3-6H2,1-2H3,(H,10,11);6-7H,2-4,8H2,1H3;6-7H,2-5,8H2,1H3;4*1H4/t8-,9-;6-,7+;6-,7-;;;;/m101..../s1. The first-order chi connectivity index (χ1) is 14.8. The van der Waals surface area contributed by atoms with Crippen LogP contribution in [0.2, 0.25) is 0 Å². The van der Waals surface area contributed by atoms with Crippen LogP contribution in [0.15, 0.2) is 0 Å². The molecular formula is C27H61N3O5. The summed E-state index contributed by atoms with van der Waals surface area (Å²) in [4.78, 5) is 21.7. The zero-order valence-corrected chi connectivity index (χ0v) is 19.9. The van der Waals surface area contributed by atoms with Crippen LogP contribution in [0.5, 0.6) is 0 Å². The smallest absolute Gasteiger partial charge is 0.217 e. The summed E-state index contributed by atoms with van der Waals surface area (Å²) in [6.07, 6.45) is 5.33. The number of rotatable bonds is 4. The highest BCUT2D eigenvalue weighted by atomic mass is 16.5. The van der Waals surface area contributed by atoms with E-state index < -0.39 is 0 Å². The lowest BCUT2D eigenvalue weighted by atomic mass is 9.92. The molecule has 0 spiro atoms. The summed E-state index contributed by atoms with van der Waals surface area (Å²) < 4.78 is 15.6. The Bertz CT molecular complexity index is 521. The highest BCUT2D eigenvalue weighted by molar-refractivity contribution is 5.79. The van der Waals surface area contributed by atoms with Gasteiger partial charge in [0.1, 0.15) is 5.78 Å². The predicted octanol–water partition coefficient (Wildman–Crippen LogP) is 4.18. The molecule has 1 amide bonds. The van der Waals surface area contributed by atoms with Crippen molar-refractivity contribution in [1.82, 2.24) is 5.32 Å². The van der Waals surface area contributed by atoms with Crippen molar-refractivity contribution in [3.05, 3.63) is 0 Å². The Balaban J connectivity index is -0.000000197. The van der Waals surface area contributed by atoms with E-state index in [1.54, 1.807) is 13.8 Å². The fourth-order valence-corrected chi connectivity index (χ4v) is 4.27. The van der Waals surface area contributed by atoms with E-state index in [9.17, 15) is 9.59 Å². The Kier molecular flexibility index (Phi) is 27.4. The van der Waals surface area contributed by atoms with Crippen LogP contribution < -0.4 is 16.8 Å². The number of Topliss-reactive ketones (excluding diaryl/α,β-unsaturated/α-hetero) is 1. The minimum Gasteiger partial charge on any atom is -0.380 e. The molecule has 8 nitrogen and oxygen atoms in total. The van der Waals surface area contributed by atoms with E-state index in [-0.39, 0.29) is 59.4 Å². The van der Waals surface area contributed by atoms with Gasteiger partial charge in [-0.15, -0.1) is 0 Å². The molecule has 0 bridgehead atoms. The molecule has 5 N–H and O–H groups in total.